The van der Waals surface area contributed by atoms with Crippen LogP contribution in [0.15, 0.2) is 0 Å². The van der Waals surface area contributed by atoms with Gasteiger partial charge in [-0.05, 0) is 68.6 Å². The number of aliphatic hydroxyl groups is 7. The van der Waals surface area contributed by atoms with Crippen molar-refractivity contribution in [2.75, 3.05) is 19.7 Å². The third-order valence-electron chi connectivity index (χ3n) is 13.4. The lowest BCUT2D eigenvalue weighted by Gasteiger charge is -2.70. The molecule has 7 fully saturated rings. The highest BCUT2D eigenvalue weighted by Crippen LogP contribution is 2.77. The van der Waals surface area contributed by atoms with E-state index in [0.717, 1.165) is 19.4 Å². The highest BCUT2D eigenvalue weighted by atomic mass is 16.6. The lowest BCUT2D eigenvalue weighted by Crippen LogP contribution is -2.78. The molecular formula is C28H45NO8. The minimum absolute atomic E-state index is 0.0636. The van der Waals surface area contributed by atoms with Crippen molar-refractivity contribution in [3.8, 4) is 0 Å². The Morgan fingerprint density at radius 3 is 2.41 bits per heavy atom. The first-order valence-electron chi connectivity index (χ1n) is 14.5. The Hall–Kier alpha value is -0.360. The zero-order chi connectivity index (χ0) is 26.5. The van der Waals surface area contributed by atoms with E-state index in [-0.39, 0.29) is 25.0 Å². The van der Waals surface area contributed by atoms with Crippen LogP contribution in [0.25, 0.3) is 0 Å². The van der Waals surface area contributed by atoms with E-state index in [0.29, 0.717) is 31.7 Å². The summed E-state index contributed by atoms with van der Waals surface area (Å²) >= 11 is 0. The number of rotatable bonds is 0. The average molecular weight is 524 g/mol. The molecule has 4 saturated carbocycles. The van der Waals surface area contributed by atoms with Crippen molar-refractivity contribution in [3.05, 3.63) is 0 Å². The van der Waals surface area contributed by atoms with Gasteiger partial charge in [0.2, 0.25) is 0 Å². The highest BCUT2D eigenvalue weighted by molar-refractivity contribution is 5.30. The fraction of sp³-hybridized carbons (Fsp3) is 1.00. The first-order valence-corrected chi connectivity index (χ1v) is 14.5. The van der Waals surface area contributed by atoms with E-state index < -0.39 is 75.9 Å². The van der Waals surface area contributed by atoms with Gasteiger partial charge in [-0.1, -0.05) is 13.8 Å². The Kier molecular flexibility index (Phi) is 5.17. The molecule has 16 atom stereocenters. The number of hydrogen-bond acceptors (Lipinski definition) is 9. The molecule has 0 aromatic rings. The van der Waals surface area contributed by atoms with Crippen molar-refractivity contribution >= 4 is 0 Å². The number of aliphatic hydroxyl groups excluding tert-OH is 4. The van der Waals surface area contributed by atoms with Crippen LogP contribution in [0.5, 0.6) is 0 Å². The second kappa shape index (κ2) is 7.47. The van der Waals surface area contributed by atoms with Crippen molar-refractivity contribution in [2.24, 2.45) is 46.3 Å². The maximum atomic E-state index is 12.6. The average Bonchev–Trinajstić information content (AvgIpc) is 3.11. The van der Waals surface area contributed by atoms with Gasteiger partial charge in [-0.15, -0.1) is 0 Å². The molecule has 0 aromatic carbocycles. The van der Waals surface area contributed by atoms with E-state index in [9.17, 15) is 35.7 Å². The first kappa shape index (κ1) is 25.6. The zero-order valence-electron chi connectivity index (χ0n) is 22.2. The molecule has 3 saturated heterocycles. The summed E-state index contributed by atoms with van der Waals surface area (Å²) in [5, 5.41) is 81.6. The van der Waals surface area contributed by atoms with Gasteiger partial charge in [-0.3, -0.25) is 4.90 Å². The van der Waals surface area contributed by atoms with Gasteiger partial charge in [0.25, 0.3) is 0 Å². The maximum Gasteiger partial charge on any atom is 0.195 e. The molecule has 210 valence electrons. The fourth-order valence-corrected chi connectivity index (χ4v) is 11.8. The molecule has 9 nitrogen and oxygen atoms in total. The lowest BCUT2D eigenvalue weighted by atomic mass is 9.41. The first-order chi connectivity index (χ1) is 17.2. The topological polar surface area (TPSA) is 154 Å². The Balaban J connectivity index is 1.36. The van der Waals surface area contributed by atoms with Gasteiger partial charge in [0.05, 0.1) is 24.4 Å². The second-order valence-electron chi connectivity index (χ2n) is 14.7. The molecule has 37 heavy (non-hydrogen) atoms. The minimum Gasteiger partial charge on any atom is -0.393 e. The van der Waals surface area contributed by atoms with Gasteiger partial charge in [-0.25, -0.2) is 0 Å². The predicted octanol–water partition coefficient (Wildman–Crippen LogP) is -0.566. The van der Waals surface area contributed by atoms with Crippen LogP contribution in [0.3, 0.4) is 0 Å². The van der Waals surface area contributed by atoms with Gasteiger partial charge in [0, 0.05) is 42.3 Å². The van der Waals surface area contributed by atoms with E-state index in [1.54, 1.807) is 6.92 Å². The van der Waals surface area contributed by atoms with Crippen LogP contribution in [0.4, 0.5) is 0 Å². The van der Waals surface area contributed by atoms with E-state index in [2.05, 4.69) is 18.7 Å². The molecular weight excluding hydrogens is 478 g/mol. The predicted molar refractivity (Wildman–Crippen MR) is 131 cm³/mol. The molecule has 0 unspecified atom stereocenters. The van der Waals surface area contributed by atoms with Crippen LogP contribution in [0.2, 0.25) is 0 Å². The summed E-state index contributed by atoms with van der Waals surface area (Å²) in [6.07, 6.45) is -1.49. The Bertz CT molecular complexity index is 980. The molecule has 9 heteroatoms. The van der Waals surface area contributed by atoms with Gasteiger partial charge in [-0.2, -0.15) is 0 Å². The summed E-state index contributed by atoms with van der Waals surface area (Å²) in [5.74, 6) is -3.85. The molecule has 7 N–H and O–H groups in total. The molecule has 7 rings (SSSR count). The van der Waals surface area contributed by atoms with Crippen LogP contribution in [0, 0.1) is 46.3 Å². The highest BCUT2D eigenvalue weighted by Gasteiger charge is 2.82. The molecule has 4 aliphatic carbocycles. The Morgan fingerprint density at radius 1 is 0.946 bits per heavy atom. The normalized spacial score (nSPS) is 66.8. The maximum absolute atomic E-state index is 12.6. The molecule has 3 aliphatic heterocycles. The fourth-order valence-electron chi connectivity index (χ4n) is 11.8. The smallest absolute Gasteiger partial charge is 0.195 e. The summed E-state index contributed by atoms with van der Waals surface area (Å²) in [7, 11) is 0. The molecule has 0 amide bonds. The van der Waals surface area contributed by atoms with Crippen molar-refractivity contribution in [1.29, 1.82) is 0 Å². The molecule has 1 spiro atoms. The molecule has 4 bridgehead atoms. The SMILES string of the molecule is C[C@@H]1CC[C@H]2N(C1)C[C@@H]1[C@H]([C@@H](O)[C@@H](O)[C@@]3(O)[C@H]4[C@@H](O)C[C@@H]5[C@]6(O)OC[C@]4(C[C@@H]13)[C@]5(C)CC[C@H]6O)[C@]2(C)O. The van der Waals surface area contributed by atoms with E-state index >= 15 is 0 Å². The van der Waals surface area contributed by atoms with Crippen LogP contribution in [-0.4, -0.2) is 108 Å². The number of ether oxygens (including phenoxy) is 1. The summed E-state index contributed by atoms with van der Waals surface area (Å²) in [6.45, 7) is 7.63. The number of piperidine rings is 2. The molecule has 7 aliphatic rings. The lowest BCUT2D eigenvalue weighted by molar-refractivity contribution is -0.408. The standard InChI is InChI=1S/C28H45NO8/c1-13-4-5-18-25(3,34)20-14(11-29(18)10-13)15-9-26-12-37-28(36)17(24(26,2)7-6-19(28)31)8-16(30)22(26)27(15,35)23(33)21(20)32/h13-23,30-36H,4-12H2,1-3H3/t13-,14+,15+,16+,17+,18-,19-,20-,21-,22+,23-,24-,25-,26+,27+,28+/m1/s1. The Labute approximate surface area is 218 Å². The minimum atomic E-state index is -1.76. The number of nitrogens with zero attached hydrogens (tertiary/aromatic N) is 1. The van der Waals surface area contributed by atoms with Crippen LogP contribution in [-0.2, 0) is 4.74 Å². The second-order valence-corrected chi connectivity index (χ2v) is 14.7. The van der Waals surface area contributed by atoms with Gasteiger partial charge >= 0.3 is 0 Å². The largest absolute Gasteiger partial charge is 0.393 e. The van der Waals surface area contributed by atoms with Crippen molar-refractivity contribution < 1.29 is 40.5 Å². The van der Waals surface area contributed by atoms with Crippen LogP contribution >= 0.6 is 0 Å². The van der Waals surface area contributed by atoms with E-state index in [1.165, 1.54) is 0 Å². The van der Waals surface area contributed by atoms with Gasteiger partial charge in [0.15, 0.2) is 5.79 Å². The summed E-state index contributed by atoms with van der Waals surface area (Å²) in [6, 6.07) is -0.111. The summed E-state index contributed by atoms with van der Waals surface area (Å²) < 4.78 is 6.10. The van der Waals surface area contributed by atoms with Crippen molar-refractivity contribution in [1.82, 2.24) is 4.90 Å². The van der Waals surface area contributed by atoms with Crippen molar-refractivity contribution in [3.63, 3.8) is 0 Å². The number of fused-ring (bicyclic) bond motifs is 5. The van der Waals surface area contributed by atoms with Gasteiger partial charge < -0.3 is 40.5 Å². The van der Waals surface area contributed by atoms with Crippen LogP contribution in [0.1, 0.15) is 59.3 Å². The van der Waals surface area contributed by atoms with E-state index in [4.69, 9.17) is 4.74 Å². The Morgan fingerprint density at radius 2 is 1.68 bits per heavy atom. The quantitative estimate of drug-likeness (QED) is 0.221. The van der Waals surface area contributed by atoms with Gasteiger partial charge in [0.1, 0.15) is 17.8 Å². The molecule has 0 aromatic heterocycles. The molecule has 0 radical (unpaired) electrons. The summed E-state index contributed by atoms with van der Waals surface area (Å²) in [4.78, 5) is 2.33. The van der Waals surface area contributed by atoms with Crippen molar-refractivity contribution in [2.45, 2.75) is 107 Å². The number of hydrogen-bond donors (Lipinski definition) is 7. The third-order valence-corrected chi connectivity index (χ3v) is 13.4. The monoisotopic (exact) mass is 523 g/mol. The third kappa shape index (κ3) is 2.73. The molecule has 3 heterocycles. The van der Waals surface area contributed by atoms with E-state index in [1.807, 2.05) is 0 Å². The summed E-state index contributed by atoms with van der Waals surface area (Å²) in [5.41, 5.74) is -4.27. The zero-order valence-corrected chi connectivity index (χ0v) is 22.2. The van der Waals surface area contributed by atoms with Crippen LogP contribution < -0.4 is 0 Å².